The zero-order valence-corrected chi connectivity index (χ0v) is 12.8. The van der Waals surface area contributed by atoms with E-state index < -0.39 is 5.75 Å². The maximum atomic E-state index is 9.77. The van der Waals surface area contributed by atoms with Crippen LogP contribution in [0.3, 0.4) is 0 Å². The van der Waals surface area contributed by atoms with E-state index in [9.17, 15) is 25.5 Å². The van der Waals surface area contributed by atoms with Gasteiger partial charge in [0.2, 0.25) is 5.75 Å². The number of benzene rings is 2. The first-order valence-corrected chi connectivity index (χ1v) is 7.33. The number of phenolic OH excluding ortho intramolecular Hbond substituents is 5. The van der Waals surface area contributed by atoms with Crippen LogP contribution < -0.4 is 4.74 Å². The predicted molar refractivity (Wildman–Crippen MR) is 84.4 cm³/mol. The van der Waals surface area contributed by atoms with Crippen LogP contribution >= 0.6 is 0 Å². The van der Waals surface area contributed by atoms with E-state index in [0.717, 1.165) is 5.56 Å². The summed E-state index contributed by atoms with van der Waals surface area (Å²) in [5, 5.41) is 47.5. The summed E-state index contributed by atoms with van der Waals surface area (Å²) in [4.78, 5) is 0. The van der Waals surface area contributed by atoms with Crippen molar-refractivity contribution >= 4 is 0 Å². The molecule has 5 N–H and O–H groups in total. The highest BCUT2D eigenvalue weighted by Crippen LogP contribution is 2.37. The van der Waals surface area contributed by atoms with Crippen LogP contribution in [0.1, 0.15) is 24.5 Å². The molecule has 23 heavy (non-hydrogen) atoms. The Hall–Kier alpha value is -2.76. The van der Waals surface area contributed by atoms with Crippen molar-refractivity contribution in [2.75, 3.05) is 6.61 Å². The van der Waals surface area contributed by atoms with E-state index in [2.05, 4.69) is 0 Å². The summed E-state index contributed by atoms with van der Waals surface area (Å²) in [6.45, 7) is 2.21. The molecule has 0 fully saturated rings. The van der Waals surface area contributed by atoms with Crippen LogP contribution in [0, 0.1) is 0 Å². The van der Waals surface area contributed by atoms with E-state index >= 15 is 0 Å². The Bertz CT molecular complexity index is 673. The molecule has 0 aliphatic heterocycles. The highest BCUT2D eigenvalue weighted by Gasteiger charge is 2.11. The molecule has 0 aliphatic rings. The number of ether oxygens (including phenoxy) is 1. The summed E-state index contributed by atoms with van der Waals surface area (Å²) in [7, 11) is 0. The lowest BCUT2D eigenvalue weighted by Crippen LogP contribution is -2.00. The predicted octanol–water partition coefficient (Wildman–Crippen LogP) is 2.79. The van der Waals surface area contributed by atoms with Gasteiger partial charge >= 0.3 is 0 Å². The second kappa shape index (κ2) is 7.00. The van der Waals surface area contributed by atoms with Crippen LogP contribution in [0.15, 0.2) is 24.3 Å². The van der Waals surface area contributed by atoms with Crippen molar-refractivity contribution in [3.8, 4) is 34.5 Å². The van der Waals surface area contributed by atoms with E-state index in [1.165, 1.54) is 18.2 Å². The molecule has 2 aromatic rings. The third-order valence-electron chi connectivity index (χ3n) is 3.52. The van der Waals surface area contributed by atoms with Crippen molar-refractivity contribution in [3.63, 3.8) is 0 Å². The van der Waals surface area contributed by atoms with E-state index in [1.54, 1.807) is 6.07 Å². The minimum atomic E-state index is -0.540. The molecule has 0 saturated carbocycles. The van der Waals surface area contributed by atoms with E-state index in [1.807, 2.05) is 6.92 Å². The number of hydrogen-bond donors (Lipinski definition) is 5. The molecule has 0 heterocycles. The molecule has 0 spiro atoms. The lowest BCUT2D eigenvalue weighted by atomic mass is 10.1. The second-order valence-electron chi connectivity index (χ2n) is 5.25. The third kappa shape index (κ3) is 3.91. The van der Waals surface area contributed by atoms with Gasteiger partial charge in [0.25, 0.3) is 0 Å². The van der Waals surface area contributed by atoms with Gasteiger partial charge in [0.1, 0.15) is 0 Å². The van der Waals surface area contributed by atoms with Gasteiger partial charge in [0.05, 0.1) is 6.61 Å². The summed E-state index contributed by atoms with van der Waals surface area (Å²) in [5.74, 6) is -1.58. The van der Waals surface area contributed by atoms with E-state index in [-0.39, 0.29) is 35.4 Å². The lowest BCUT2D eigenvalue weighted by Gasteiger charge is -2.11. The van der Waals surface area contributed by atoms with Crippen LogP contribution in [0.25, 0.3) is 0 Å². The molecule has 0 amide bonds. The van der Waals surface area contributed by atoms with Crippen LogP contribution in [0.4, 0.5) is 0 Å². The fourth-order valence-corrected chi connectivity index (χ4v) is 2.23. The number of phenols is 5. The standard InChI is InChI=1S/C17H20O6/c1-2-10-6-14(20)17(22)15(9-10)23-5-3-4-11-7-12(18)16(21)13(19)8-11/h6-9,18-22H,2-5H2,1H3. The Morgan fingerprint density at radius 1 is 0.783 bits per heavy atom. The molecule has 124 valence electrons. The monoisotopic (exact) mass is 320 g/mol. The summed E-state index contributed by atoms with van der Waals surface area (Å²) in [5.41, 5.74) is 1.50. The van der Waals surface area contributed by atoms with Crippen molar-refractivity contribution in [3.05, 3.63) is 35.4 Å². The Balaban J connectivity index is 1.95. The Labute approximate surface area is 133 Å². The molecule has 0 aliphatic carbocycles. The molecule has 0 unspecified atom stereocenters. The van der Waals surface area contributed by atoms with Gasteiger partial charge < -0.3 is 30.3 Å². The number of aromatic hydroxyl groups is 5. The first-order chi connectivity index (χ1) is 10.9. The minimum Gasteiger partial charge on any atom is -0.504 e. The minimum absolute atomic E-state index is 0.215. The number of hydrogen-bond acceptors (Lipinski definition) is 6. The van der Waals surface area contributed by atoms with Crippen molar-refractivity contribution in [1.29, 1.82) is 0 Å². The second-order valence-corrected chi connectivity index (χ2v) is 5.25. The van der Waals surface area contributed by atoms with Gasteiger partial charge in [-0.25, -0.2) is 0 Å². The third-order valence-corrected chi connectivity index (χ3v) is 3.52. The largest absolute Gasteiger partial charge is 0.504 e. The van der Waals surface area contributed by atoms with Crippen LogP contribution in [-0.4, -0.2) is 32.1 Å². The molecular formula is C17H20O6. The lowest BCUT2D eigenvalue weighted by molar-refractivity contribution is 0.287. The normalized spacial score (nSPS) is 10.7. The Morgan fingerprint density at radius 3 is 1.96 bits per heavy atom. The molecule has 2 rings (SSSR count). The molecule has 0 aromatic heterocycles. The van der Waals surface area contributed by atoms with Gasteiger partial charge in [0, 0.05) is 0 Å². The average molecular weight is 320 g/mol. The molecule has 6 heteroatoms. The van der Waals surface area contributed by atoms with Crippen molar-refractivity contribution in [2.45, 2.75) is 26.2 Å². The molecule has 2 aromatic carbocycles. The molecular weight excluding hydrogens is 300 g/mol. The molecule has 6 nitrogen and oxygen atoms in total. The van der Waals surface area contributed by atoms with Gasteiger partial charge in [-0.2, -0.15) is 0 Å². The van der Waals surface area contributed by atoms with Crippen molar-refractivity contribution < 1.29 is 30.3 Å². The van der Waals surface area contributed by atoms with Crippen LogP contribution in [0.2, 0.25) is 0 Å². The number of rotatable bonds is 6. The molecule has 0 radical (unpaired) electrons. The summed E-state index contributed by atoms with van der Waals surface area (Å²) < 4.78 is 5.48. The fraction of sp³-hybridized carbons (Fsp3) is 0.294. The fourth-order valence-electron chi connectivity index (χ4n) is 2.23. The zero-order valence-electron chi connectivity index (χ0n) is 12.8. The van der Waals surface area contributed by atoms with E-state index in [4.69, 9.17) is 4.74 Å². The highest BCUT2D eigenvalue weighted by atomic mass is 16.5. The topological polar surface area (TPSA) is 110 Å². The number of aryl methyl sites for hydroxylation is 2. The summed E-state index contributed by atoms with van der Waals surface area (Å²) in [6, 6.07) is 5.91. The zero-order chi connectivity index (χ0) is 17.0. The summed E-state index contributed by atoms with van der Waals surface area (Å²) >= 11 is 0. The Kier molecular flexibility index (Phi) is 5.05. The van der Waals surface area contributed by atoms with Gasteiger partial charge in [-0.15, -0.1) is 0 Å². The molecule has 0 bridgehead atoms. The maximum Gasteiger partial charge on any atom is 0.200 e. The van der Waals surface area contributed by atoms with Crippen LogP contribution in [0.5, 0.6) is 34.5 Å². The van der Waals surface area contributed by atoms with Crippen molar-refractivity contribution in [2.24, 2.45) is 0 Å². The SMILES string of the molecule is CCc1cc(O)c(O)c(OCCCc2cc(O)c(O)c(O)c2)c1. The first-order valence-electron chi connectivity index (χ1n) is 7.33. The first kappa shape index (κ1) is 16.6. The van der Waals surface area contributed by atoms with Gasteiger partial charge in [-0.05, 0) is 54.7 Å². The van der Waals surface area contributed by atoms with Crippen LogP contribution in [-0.2, 0) is 12.8 Å². The average Bonchev–Trinajstić information content (AvgIpc) is 2.52. The quantitative estimate of drug-likeness (QED) is 0.413. The van der Waals surface area contributed by atoms with Gasteiger partial charge in [-0.1, -0.05) is 6.92 Å². The van der Waals surface area contributed by atoms with Gasteiger partial charge in [0.15, 0.2) is 28.7 Å². The summed E-state index contributed by atoms with van der Waals surface area (Å²) in [6.07, 6.45) is 1.76. The Morgan fingerprint density at radius 2 is 1.35 bits per heavy atom. The maximum absolute atomic E-state index is 9.77. The highest BCUT2D eigenvalue weighted by molar-refractivity contribution is 5.52. The molecule has 0 saturated heterocycles. The van der Waals surface area contributed by atoms with E-state index in [0.29, 0.717) is 24.8 Å². The van der Waals surface area contributed by atoms with Gasteiger partial charge in [-0.3, -0.25) is 0 Å². The molecule has 0 atom stereocenters. The van der Waals surface area contributed by atoms with Crippen molar-refractivity contribution in [1.82, 2.24) is 0 Å². The smallest absolute Gasteiger partial charge is 0.200 e.